The van der Waals surface area contributed by atoms with Crippen molar-refractivity contribution in [1.82, 2.24) is 24.8 Å². The molecule has 5 rings (SSSR count). The van der Waals surface area contributed by atoms with Crippen LogP contribution in [-0.2, 0) is 33.8 Å². The number of carbonyl (C=O) groups excluding carboxylic acids is 3. The lowest BCUT2D eigenvalue weighted by Crippen LogP contribution is -2.52. The first-order chi connectivity index (χ1) is 20.3. The fraction of sp³-hybridized carbons (Fsp3) is 0.323. The van der Waals surface area contributed by atoms with E-state index in [1.165, 1.54) is 9.58 Å². The molecule has 0 saturated carbocycles. The summed E-state index contributed by atoms with van der Waals surface area (Å²) in [6, 6.07) is 18.3. The lowest BCUT2D eigenvalue weighted by molar-refractivity contribution is -0.148. The summed E-state index contributed by atoms with van der Waals surface area (Å²) in [6.45, 7) is 1.89. The normalized spacial score (nSPS) is 18.2. The molecule has 0 bridgehead atoms. The molecule has 1 saturated heterocycles. The van der Waals surface area contributed by atoms with Gasteiger partial charge >= 0.3 is 0 Å². The Kier molecular flexibility index (Phi) is 8.84. The molecular weight excluding hydrogens is 556 g/mol. The Morgan fingerprint density at radius 2 is 1.88 bits per heavy atom. The van der Waals surface area contributed by atoms with E-state index in [1.54, 1.807) is 35.4 Å². The van der Waals surface area contributed by atoms with Crippen LogP contribution in [-0.4, -0.2) is 72.9 Å². The summed E-state index contributed by atoms with van der Waals surface area (Å²) in [7, 11) is 0. The summed E-state index contributed by atoms with van der Waals surface area (Å²) in [4.78, 5) is 44.4. The maximum atomic E-state index is 14.5. The predicted molar refractivity (Wildman–Crippen MR) is 158 cm³/mol. The molecule has 3 amide bonds. The highest BCUT2D eigenvalue weighted by molar-refractivity contribution is 6.30. The molecule has 1 fully saturated rings. The van der Waals surface area contributed by atoms with Crippen LogP contribution in [0, 0.1) is 0 Å². The number of benzene rings is 3. The van der Waals surface area contributed by atoms with Crippen molar-refractivity contribution in [2.24, 2.45) is 5.73 Å². The van der Waals surface area contributed by atoms with Gasteiger partial charge in [0.15, 0.2) is 0 Å². The van der Waals surface area contributed by atoms with Gasteiger partial charge < -0.3 is 20.6 Å². The van der Waals surface area contributed by atoms with E-state index in [1.807, 2.05) is 49.4 Å². The zero-order chi connectivity index (χ0) is 29.8. The van der Waals surface area contributed by atoms with Crippen molar-refractivity contribution in [2.75, 3.05) is 13.2 Å². The first-order valence-electron chi connectivity index (χ1n) is 13.9. The third-order valence-electron chi connectivity index (χ3n) is 7.76. The van der Waals surface area contributed by atoms with Gasteiger partial charge in [-0.2, -0.15) is 0 Å². The highest BCUT2D eigenvalue weighted by Gasteiger charge is 2.43. The van der Waals surface area contributed by atoms with E-state index in [-0.39, 0.29) is 38.1 Å². The maximum absolute atomic E-state index is 14.5. The summed E-state index contributed by atoms with van der Waals surface area (Å²) in [5.41, 5.74) is 7.96. The van der Waals surface area contributed by atoms with E-state index in [0.29, 0.717) is 29.1 Å². The van der Waals surface area contributed by atoms with Gasteiger partial charge in [-0.3, -0.25) is 14.4 Å². The molecular formula is C31H33ClN6O4. The number of aliphatic hydroxyl groups excluding tert-OH is 1. The summed E-state index contributed by atoms with van der Waals surface area (Å²) < 4.78 is 1.40. The largest absolute Gasteiger partial charge is 0.396 e. The van der Waals surface area contributed by atoms with Crippen molar-refractivity contribution >= 4 is 40.1 Å². The smallest absolute Gasteiger partial charge is 0.250 e. The monoisotopic (exact) mass is 588 g/mol. The molecule has 42 heavy (non-hydrogen) atoms. The Morgan fingerprint density at radius 3 is 2.64 bits per heavy atom. The quantitative estimate of drug-likeness (QED) is 0.309. The number of hydrogen-bond acceptors (Lipinski definition) is 6. The van der Waals surface area contributed by atoms with Crippen molar-refractivity contribution in [3.63, 3.8) is 0 Å². The van der Waals surface area contributed by atoms with Crippen LogP contribution < -0.4 is 5.73 Å². The van der Waals surface area contributed by atoms with Gasteiger partial charge in [0.25, 0.3) is 5.91 Å². The molecule has 1 aromatic heterocycles. The molecule has 3 atom stereocenters. The predicted octanol–water partition coefficient (Wildman–Crippen LogP) is 2.91. The maximum Gasteiger partial charge on any atom is 0.250 e. The van der Waals surface area contributed by atoms with Gasteiger partial charge in [0.1, 0.15) is 18.6 Å². The molecule has 0 aliphatic carbocycles. The van der Waals surface area contributed by atoms with Crippen LogP contribution in [0.4, 0.5) is 0 Å². The molecule has 0 spiro atoms. The van der Waals surface area contributed by atoms with Crippen molar-refractivity contribution in [3.05, 3.63) is 94.8 Å². The Hall–Kier alpha value is -4.28. The number of primary amides is 1. The van der Waals surface area contributed by atoms with Crippen molar-refractivity contribution in [2.45, 2.75) is 50.9 Å². The van der Waals surface area contributed by atoms with E-state index >= 15 is 0 Å². The number of halogens is 1. The molecule has 2 unspecified atom stereocenters. The van der Waals surface area contributed by atoms with Gasteiger partial charge in [-0.05, 0) is 47.4 Å². The molecule has 1 aliphatic heterocycles. The van der Waals surface area contributed by atoms with E-state index in [9.17, 15) is 19.5 Å². The molecule has 3 aromatic carbocycles. The zero-order valence-electron chi connectivity index (χ0n) is 23.3. The summed E-state index contributed by atoms with van der Waals surface area (Å²) >= 11 is 6.35. The number of hydrogen-bond donors (Lipinski definition) is 2. The Morgan fingerprint density at radius 1 is 1.12 bits per heavy atom. The van der Waals surface area contributed by atoms with Gasteiger partial charge in [-0.25, -0.2) is 4.68 Å². The number of aliphatic hydroxyl groups is 1. The van der Waals surface area contributed by atoms with Gasteiger partial charge in [0.05, 0.1) is 5.69 Å². The fourth-order valence-corrected chi connectivity index (χ4v) is 5.89. The van der Waals surface area contributed by atoms with E-state index < -0.39 is 23.9 Å². The minimum Gasteiger partial charge on any atom is -0.396 e. The van der Waals surface area contributed by atoms with Crippen molar-refractivity contribution in [1.29, 1.82) is 0 Å². The number of nitrogens with two attached hydrogens (primary N) is 1. The standard InChI is InChI=1S/C31H33ClN6O4/c1-20-12-14-37(27(30(33)41)17-22-8-4-7-21-6-2-3-11-26(21)22)31(42)29(23-9-5-10-24(32)16-23)38(20)28(40)19-36-18-25(13-15-39)34-35-36/h2-11,16,18,20,27,29,39H,12-15,17,19H2,1H3,(H2,33,41)/t20?,27?,29-/m1/s1. The average Bonchev–Trinajstić information content (AvgIpc) is 3.36. The number of fused-ring (bicyclic) bond motifs is 1. The number of amides is 3. The van der Waals surface area contributed by atoms with Gasteiger partial charge in [-0.1, -0.05) is 71.4 Å². The number of aromatic nitrogens is 3. The van der Waals surface area contributed by atoms with Crippen LogP contribution in [0.1, 0.15) is 36.2 Å². The highest BCUT2D eigenvalue weighted by Crippen LogP contribution is 2.33. The first-order valence-corrected chi connectivity index (χ1v) is 14.3. The molecule has 4 aromatic rings. The summed E-state index contributed by atoms with van der Waals surface area (Å²) in [5, 5.41) is 19.7. The lowest BCUT2D eigenvalue weighted by Gasteiger charge is -2.35. The van der Waals surface area contributed by atoms with Crippen LogP contribution in [0.15, 0.2) is 72.9 Å². The average molecular weight is 589 g/mol. The molecule has 11 heteroatoms. The molecule has 3 N–H and O–H groups in total. The van der Waals surface area contributed by atoms with E-state index in [2.05, 4.69) is 10.3 Å². The number of nitrogens with zero attached hydrogens (tertiary/aromatic N) is 5. The number of rotatable bonds is 9. The van der Waals surface area contributed by atoms with E-state index in [4.69, 9.17) is 17.3 Å². The molecule has 0 radical (unpaired) electrons. The second-order valence-electron chi connectivity index (χ2n) is 10.6. The molecule has 10 nitrogen and oxygen atoms in total. The Bertz CT molecular complexity index is 1600. The van der Waals surface area contributed by atoms with Gasteiger partial charge in [-0.15, -0.1) is 5.10 Å². The van der Waals surface area contributed by atoms with Gasteiger partial charge in [0.2, 0.25) is 11.8 Å². The summed E-state index contributed by atoms with van der Waals surface area (Å²) in [5.74, 6) is -1.36. The number of carbonyl (C=O) groups is 3. The minimum atomic E-state index is -1.04. The minimum absolute atomic E-state index is 0.0865. The lowest BCUT2D eigenvalue weighted by atomic mass is 9.96. The fourth-order valence-electron chi connectivity index (χ4n) is 5.69. The summed E-state index contributed by atoms with van der Waals surface area (Å²) in [6.07, 6.45) is 2.59. The van der Waals surface area contributed by atoms with Crippen molar-refractivity contribution in [3.8, 4) is 0 Å². The third kappa shape index (κ3) is 6.14. The van der Waals surface area contributed by atoms with Crippen LogP contribution in [0.2, 0.25) is 5.02 Å². The first kappa shape index (κ1) is 29.2. The van der Waals surface area contributed by atoms with Crippen molar-refractivity contribution < 1.29 is 19.5 Å². The zero-order valence-corrected chi connectivity index (χ0v) is 24.0. The van der Waals surface area contributed by atoms with Crippen LogP contribution in [0.3, 0.4) is 0 Å². The molecule has 218 valence electrons. The highest BCUT2D eigenvalue weighted by atomic mass is 35.5. The Balaban J connectivity index is 1.51. The topological polar surface area (TPSA) is 135 Å². The SMILES string of the molecule is CC1CCN(C(Cc2cccc3ccccc23)C(N)=O)C(=O)[C@@H](c2cccc(Cl)c2)N1C(=O)Cn1cc(CCO)nn1. The van der Waals surface area contributed by atoms with Crippen LogP contribution in [0.5, 0.6) is 0 Å². The molecule has 2 heterocycles. The van der Waals surface area contributed by atoms with Crippen LogP contribution in [0.25, 0.3) is 10.8 Å². The van der Waals surface area contributed by atoms with E-state index in [0.717, 1.165) is 16.3 Å². The third-order valence-corrected chi connectivity index (χ3v) is 7.99. The van der Waals surface area contributed by atoms with Gasteiger partial charge in [0, 0.05) is 43.3 Å². The van der Waals surface area contributed by atoms with Crippen LogP contribution >= 0.6 is 11.6 Å². The Labute approximate surface area is 248 Å². The second-order valence-corrected chi connectivity index (χ2v) is 11.0. The molecule has 1 aliphatic rings. The second kappa shape index (κ2) is 12.7.